The lowest BCUT2D eigenvalue weighted by atomic mass is 9.96. The summed E-state index contributed by atoms with van der Waals surface area (Å²) in [4.78, 5) is 4.95. The summed E-state index contributed by atoms with van der Waals surface area (Å²) in [5.74, 6) is -0.459. The van der Waals surface area contributed by atoms with Gasteiger partial charge in [0.2, 0.25) is 0 Å². The minimum absolute atomic E-state index is 0.0361. The lowest BCUT2D eigenvalue weighted by Gasteiger charge is -2.40. The highest BCUT2D eigenvalue weighted by molar-refractivity contribution is 5.32. The molecule has 0 aromatic heterocycles. The number of halogens is 2. The molecular formula is C22H28F2N2. The monoisotopic (exact) mass is 358 g/mol. The smallest absolute Gasteiger partial charge is 0.123 e. The molecule has 3 rings (SSSR count). The average Bonchev–Trinajstić information content (AvgIpc) is 2.66. The van der Waals surface area contributed by atoms with E-state index in [0.717, 1.165) is 37.3 Å². The number of benzene rings is 2. The molecule has 0 aliphatic carbocycles. The van der Waals surface area contributed by atoms with E-state index in [4.69, 9.17) is 0 Å². The molecular weight excluding hydrogens is 330 g/mol. The van der Waals surface area contributed by atoms with E-state index in [-0.39, 0.29) is 17.7 Å². The van der Waals surface area contributed by atoms with Crippen molar-refractivity contribution in [3.05, 3.63) is 71.3 Å². The van der Waals surface area contributed by atoms with E-state index in [0.29, 0.717) is 0 Å². The standard InChI is InChI=1S/C22H28F2N2/c1-2-3-4-13-25-14-16-26(17-15-25)22(18-5-9-20(23)10-6-18)19-7-11-21(24)12-8-19/h5-12,22H,2-4,13-17H2,1H3. The maximum atomic E-state index is 13.4. The van der Waals surface area contributed by atoms with Crippen molar-refractivity contribution in [2.24, 2.45) is 0 Å². The summed E-state index contributed by atoms with van der Waals surface area (Å²) < 4.78 is 26.8. The number of unbranched alkanes of at least 4 members (excludes halogenated alkanes) is 2. The van der Waals surface area contributed by atoms with Crippen LogP contribution in [0.2, 0.25) is 0 Å². The van der Waals surface area contributed by atoms with E-state index in [9.17, 15) is 8.78 Å². The molecule has 1 fully saturated rings. The third kappa shape index (κ3) is 4.89. The van der Waals surface area contributed by atoms with Gasteiger partial charge in [-0.15, -0.1) is 0 Å². The summed E-state index contributed by atoms with van der Waals surface area (Å²) in [5.41, 5.74) is 2.11. The molecule has 0 amide bonds. The van der Waals surface area contributed by atoms with Gasteiger partial charge in [0.25, 0.3) is 0 Å². The molecule has 1 saturated heterocycles. The van der Waals surface area contributed by atoms with Crippen molar-refractivity contribution < 1.29 is 8.78 Å². The zero-order valence-corrected chi connectivity index (χ0v) is 15.5. The van der Waals surface area contributed by atoms with Crippen LogP contribution >= 0.6 is 0 Å². The van der Waals surface area contributed by atoms with Gasteiger partial charge in [-0.1, -0.05) is 44.0 Å². The zero-order chi connectivity index (χ0) is 18.4. The molecule has 4 heteroatoms. The molecule has 0 spiro atoms. The van der Waals surface area contributed by atoms with Crippen LogP contribution in [0.4, 0.5) is 8.78 Å². The van der Waals surface area contributed by atoms with E-state index in [1.54, 1.807) is 0 Å². The molecule has 0 atom stereocenters. The highest BCUT2D eigenvalue weighted by Crippen LogP contribution is 2.30. The molecule has 0 radical (unpaired) electrons. The highest BCUT2D eigenvalue weighted by atomic mass is 19.1. The van der Waals surface area contributed by atoms with Crippen LogP contribution in [0.1, 0.15) is 43.4 Å². The van der Waals surface area contributed by atoms with Crippen molar-refractivity contribution >= 4 is 0 Å². The Morgan fingerprint density at radius 2 is 1.27 bits per heavy atom. The summed E-state index contributed by atoms with van der Waals surface area (Å²) in [6.45, 7) is 7.41. The van der Waals surface area contributed by atoms with Crippen LogP contribution in [0.3, 0.4) is 0 Å². The number of hydrogen-bond acceptors (Lipinski definition) is 2. The molecule has 0 N–H and O–H groups in total. The van der Waals surface area contributed by atoms with E-state index < -0.39 is 0 Å². The number of piperazine rings is 1. The van der Waals surface area contributed by atoms with Crippen molar-refractivity contribution in [1.29, 1.82) is 0 Å². The predicted molar refractivity (Wildman–Crippen MR) is 102 cm³/mol. The number of rotatable bonds is 7. The van der Waals surface area contributed by atoms with Crippen molar-refractivity contribution in [2.75, 3.05) is 32.7 Å². The van der Waals surface area contributed by atoms with Gasteiger partial charge >= 0.3 is 0 Å². The lowest BCUT2D eigenvalue weighted by Crippen LogP contribution is -2.48. The van der Waals surface area contributed by atoms with Gasteiger partial charge in [-0.3, -0.25) is 4.90 Å². The first kappa shape index (κ1) is 19.0. The first-order valence-electron chi connectivity index (χ1n) is 9.64. The van der Waals surface area contributed by atoms with Crippen LogP contribution in [0.5, 0.6) is 0 Å². The Morgan fingerprint density at radius 3 is 1.73 bits per heavy atom. The van der Waals surface area contributed by atoms with Gasteiger partial charge in [-0.25, -0.2) is 8.78 Å². The third-order valence-corrected chi connectivity index (χ3v) is 5.22. The van der Waals surface area contributed by atoms with Crippen LogP contribution < -0.4 is 0 Å². The highest BCUT2D eigenvalue weighted by Gasteiger charge is 2.26. The minimum Gasteiger partial charge on any atom is -0.301 e. The summed E-state index contributed by atoms with van der Waals surface area (Å²) in [6.07, 6.45) is 3.79. The Hall–Kier alpha value is -1.78. The van der Waals surface area contributed by atoms with Gasteiger partial charge in [0.1, 0.15) is 11.6 Å². The molecule has 2 aromatic rings. The molecule has 0 bridgehead atoms. The minimum atomic E-state index is -0.229. The fraction of sp³-hybridized carbons (Fsp3) is 0.455. The maximum Gasteiger partial charge on any atom is 0.123 e. The second-order valence-corrected chi connectivity index (χ2v) is 7.09. The van der Waals surface area contributed by atoms with Crippen LogP contribution in [-0.2, 0) is 0 Å². The van der Waals surface area contributed by atoms with Crippen molar-refractivity contribution in [3.8, 4) is 0 Å². The van der Waals surface area contributed by atoms with Gasteiger partial charge in [0.15, 0.2) is 0 Å². The summed E-state index contributed by atoms with van der Waals surface area (Å²) in [6, 6.07) is 13.4. The Morgan fingerprint density at radius 1 is 0.769 bits per heavy atom. The van der Waals surface area contributed by atoms with E-state index in [1.165, 1.54) is 50.1 Å². The molecule has 1 aliphatic rings. The topological polar surface area (TPSA) is 6.48 Å². The first-order valence-corrected chi connectivity index (χ1v) is 9.64. The van der Waals surface area contributed by atoms with Crippen molar-refractivity contribution in [3.63, 3.8) is 0 Å². The summed E-state index contributed by atoms with van der Waals surface area (Å²) in [5, 5.41) is 0. The lowest BCUT2D eigenvalue weighted by molar-refractivity contribution is 0.108. The fourth-order valence-corrected chi connectivity index (χ4v) is 3.73. The second kappa shape index (κ2) is 9.24. The van der Waals surface area contributed by atoms with Crippen molar-refractivity contribution in [2.45, 2.75) is 32.2 Å². The average molecular weight is 358 g/mol. The summed E-state index contributed by atoms with van der Waals surface area (Å²) in [7, 11) is 0. The SMILES string of the molecule is CCCCCN1CCN(C(c2ccc(F)cc2)c2ccc(F)cc2)CC1. The van der Waals surface area contributed by atoms with Crippen LogP contribution in [0, 0.1) is 11.6 Å². The molecule has 140 valence electrons. The van der Waals surface area contributed by atoms with Gasteiger partial charge in [-0.2, -0.15) is 0 Å². The molecule has 26 heavy (non-hydrogen) atoms. The zero-order valence-electron chi connectivity index (χ0n) is 15.5. The van der Waals surface area contributed by atoms with E-state index in [1.807, 2.05) is 24.3 Å². The molecule has 2 aromatic carbocycles. The maximum absolute atomic E-state index is 13.4. The molecule has 0 saturated carbocycles. The third-order valence-electron chi connectivity index (χ3n) is 5.22. The number of nitrogens with zero attached hydrogens (tertiary/aromatic N) is 2. The van der Waals surface area contributed by atoms with Gasteiger partial charge < -0.3 is 4.90 Å². The van der Waals surface area contributed by atoms with E-state index in [2.05, 4.69) is 16.7 Å². The predicted octanol–water partition coefficient (Wildman–Crippen LogP) is 4.86. The Bertz CT molecular complexity index is 616. The van der Waals surface area contributed by atoms with Crippen LogP contribution in [-0.4, -0.2) is 42.5 Å². The first-order chi connectivity index (χ1) is 12.7. The van der Waals surface area contributed by atoms with Crippen LogP contribution in [0.25, 0.3) is 0 Å². The Balaban J connectivity index is 1.74. The van der Waals surface area contributed by atoms with Gasteiger partial charge in [0.05, 0.1) is 6.04 Å². The molecule has 0 unspecified atom stereocenters. The largest absolute Gasteiger partial charge is 0.301 e. The molecule has 2 nitrogen and oxygen atoms in total. The normalized spacial score (nSPS) is 16.3. The Labute approximate surface area is 155 Å². The van der Waals surface area contributed by atoms with Crippen molar-refractivity contribution in [1.82, 2.24) is 9.80 Å². The van der Waals surface area contributed by atoms with Gasteiger partial charge in [-0.05, 0) is 48.4 Å². The second-order valence-electron chi connectivity index (χ2n) is 7.09. The molecule has 1 aliphatic heterocycles. The van der Waals surface area contributed by atoms with Crippen LogP contribution in [0.15, 0.2) is 48.5 Å². The summed E-state index contributed by atoms with van der Waals surface area (Å²) >= 11 is 0. The molecule has 1 heterocycles. The quantitative estimate of drug-likeness (QED) is 0.652. The fourth-order valence-electron chi connectivity index (χ4n) is 3.73. The Kier molecular flexibility index (Phi) is 6.75. The van der Waals surface area contributed by atoms with E-state index >= 15 is 0 Å². The van der Waals surface area contributed by atoms with Gasteiger partial charge in [0, 0.05) is 26.2 Å². The number of hydrogen-bond donors (Lipinski definition) is 0.